The van der Waals surface area contributed by atoms with Crippen LogP contribution in [0.1, 0.15) is 16.8 Å². The molecule has 4 rings (SSSR count). The van der Waals surface area contributed by atoms with Gasteiger partial charge >= 0.3 is 0 Å². The fraction of sp³-hybridized carbons (Fsp3) is 0.263. The molecular weight excluding hydrogens is 346 g/mol. The maximum atomic E-state index is 9.86. The van der Waals surface area contributed by atoms with Crippen molar-refractivity contribution >= 4 is 0 Å². The van der Waals surface area contributed by atoms with Crippen LogP contribution < -0.4 is 4.74 Å². The van der Waals surface area contributed by atoms with E-state index in [0.717, 1.165) is 35.3 Å². The Labute approximate surface area is 156 Å². The predicted molar refractivity (Wildman–Crippen MR) is 97.2 cm³/mol. The van der Waals surface area contributed by atoms with E-state index in [4.69, 9.17) is 4.74 Å². The number of methoxy groups -OCH3 is 1. The largest absolute Gasteiger partial charge is 0.504 e. The molecule has 1 aromatic carbocycles. The van der Waals surface area contributed by atoms with Crippen molar-refractivity contribution < 1.29 is 14.9 Å². The lowest BCUT2D eigenvalue weighted by molar-refractivity contribution is 0.242. The predicted octanol–water partition coefficient (Wildman–Crippen LogP) is 1.91. The SMILES string of the molecule is COc1cc(CN2CCc3nc(-c4cncnc4)ncc3C2)cc(O)c1O. The third kappa shape index (κ3) is 3.52. The first-order valence-corrected chi connectivity index (χ1v) is 8.55. The van der Waals surface area contributed by atoms with Crippen molar-refractivity contribution in [3.63, 3.8) is 0 Å². The van der Waals surface area contributed by atoms with Gasteiger partial charge < -0.3 is 14.9 Å². The van der Waals surface area contributed by atoms with Gasteiger partial charge in [-0.25, -0.2) is 19.9 Å². The van der Waals surface area contributed by atoms with E-state index in [-0.39, 0.29) is 17.2 Å². The molecule has 8 nitrogen and oxygen atoms in total. The number of rotatable bonds is 4. The highest BCUT2D eigenvalue weighted by Gasteiger charge is 2.20. The minimum atomic E-state index is -0.240. The Bertz CT molecular complexity index is 965. The number of aromatic nitrogens is 4. The molecule has 0 radical (unpaired) electrons. The van der Waals surface area contributed by atoms with Crippen molar-refractivity contribution in [1.29, 1.82) is 0 Å². The van der Waals surface area contributed by atoms with Crippen LogP contribution in [-0.2, 0) is 19.5 Å². The second kappa shape index (κ2) is 7.16. The monoisotopic (exact) mass is 365 g/mol. The molecule has 1 aliphatic rings. The van der Waals surface area contributed by atoms with Crippen LogP contribution in [0.5, 0.6) is 17.2 Å². The summed E-state index contributed by atoms with van der Waals surface area (Å²) in [7, 11) is 1.46. The third-order valence-corrected chi connectivity index (χ3v) is 4.57. The molecule has 27 heavy (non-hydrogen) atoms. The van der Waals surface area contributed by atoms with E-state index in [9.17, 15) is 10.2 Å². The lowest BCUT2D eigenvalue weighted by Crippen LogP contribution is -2.31. The van der Waals surface area contributed by atoms with Gasteiger partial charge in [0.25, 0.3) is 0 Å². The van der Waals surface area contributed by atoms with Gasteiger partial charge in [-0.15, -0.1) is 0 Å². The van der Waals surface area contributed by atoms with E-state index >= 15 is 0 Å². The fourth-order valence-corrected chi connectivity index (χ4v) is 3.22. The standard InChI is InChI=1S/C19H19N5O3/c1-27-17-5-12(4-16(25)18(17)26)9-24-3-2-15-14(10-24)8-22-19(23-15)13-6-20-11-21-7-13/h4-8,11,25-26H,2-3,9-10H2,1H3. The first-order valence-electron chi connectivity index (χ1n) is 8.55. The molecule has 0 spiro atoms. The van der Waals surface area contributed by atoms with E-state index in [1.807, 2.05) is 6.20 Å². The van der Waals surface area contributed by atoms with Gasteiger partial charge in [-0.3, -0.25) is 4.90 Å². The molecular formula is C19H19N5O3. The van der Waals surface area contributed by atoms with Crippen molar-refractivity contribution in [3.8, 4) is 28.6 Å². The van der Waals surface area contributed by atoms with Crippen LogP contribution in [0.25, 0.3) is 11.4 Å². The minimum Gasteiger partial charge on any atom is -0.504 e. The van der Waals surface area contributed by atoms with Crippen LogP contribution >= 0.6 is 0 Å². The quantitative estimate of drug-likeness (QED) is 0.676. The molecule has 2 N–H and O–H groups in total. The summed E-state index contributed by atoms with van der Waals surface area (Å²) in [6.07, 6.45) is 7.55. The lowest BCUT2D eigenvalue weighted by atomic mass is 10.1. The molecule has 0 atom stereocenters. The van der Waals surface area contributed by atoms with Crippen molar-refractivity contribution in [1.82, 2.24) is 24.8 Å². The molecule has 0 fully saturated rings. The Morgan fingerprint density at radius 3 is 2.74 bits per heavy atom. The molecule has 1 aliphatic heterocycles. The van der Waals surface area contributed by atoms with Crippen molar-refractivity contribution in [3.05, 3.63) is 53.9 Å². The molecule has 0 unspecified atom stereocenters. The van der Waals surface area contributed by atoms with Crippen molar-refractivity contribution in [2.45, 2.75) is 19.5 Å². The van der Waals surface area contributed by atoms with Crippen LogP contribution in [0.15, 0.2) is 37.1 Å². The topological polar surface area (TPSA) is 104 Å². The van der Waals surface area contributed by atoms with Gasteiger partial charge in [-0.2, -0.15) is 0 Å². The van der Waals surface area contributed by atoms with E-state index in [2.05, 4.69) is 24.8 Å². The molecule has 0 amide bonds. The second-order valence-electron chi connectivity index (χ2n) is 6.42. The minimum absolute atomic E-state index is 0.181. The van der Waals surface area contributed by atoms with Crippen LogP contribution in [0, 0.1) is 0 Å². The van der Waals surface area contributed by atoms with Gasteiger partial charge in [-0.1, -0.05) is 0 Å². The summed E-state index contributed by atoms with van der Waals surface area (Å²) >= 11 is 0. The van der Waals surface area contributed by atoms with Gasteiger partial charge in [0.15, 0.2) is 17.3 Å². The van der Waals surface area contributed by atoms with Crippen molar-refractivity contribution in [2.24, 2.45) is 0 Å². The molecule has 138 valence electrons. The maximum Gasteiger partial charge on any atom is 0.200 e. The smallest absolute Gasteiger partial charge is 0.200 e. The zero-order valence-electron chi connectivity index (χ0n) is 14.8. The molecule has 8 heteroatoms. The number of phenols is 2. The zero-order valence-corrected chi connectivity index (χ0v) is 14.8. The molecule has 0 saturated heterocycles. The van der Waals surface area contributed by atoms with E-state index in [1.54, 1.807) is 24.5 Å². The van der Waals surface area contributed by atoms with E-state index in [1.165, 1.54) is 13.4 Å². The summed E-state index contributed by atoms with van der Waals surface area (Å²) in [6, 6.07) is 3.29. The van der Waals surface area contributed by atoms with E-state index in [0.29, 0.717) is 18.9 Å². The van der Waals surface area contributed by atoms with Crippen LogP contribution in [-0.4, -0.2) is 48.7 Å². The van der Waals surface area contributed by atoms with Crippen LogP contribution in [0.4, 0.5) is 0 Å². The van der Waals surface area contributed by atoms with Gasteiger partial charge in [-0.05, 0) is 17.7 Å². The van der Waals surface area contributed by atoms with Gasteiger partial charge in [0.1, 0.15) is 6.33 Å². The number of fused-ring (bicyclic) bond motifs is 1. The lowest BCUT2D eigenvalue weighted by Gasteiger charge is -2.28. The molecule has 3 aromatic rings. The van der Waals surface area contributed by atoms with Gasteiger partial charge in [0, 0.05) is 50.2 Å². The summed E-state index contributed by atoms with van der Waals surface area (Å²) in [5.41, 5.74) is 3.78. The number of hydrogen-bond donors (Lipinski definition) is 2. The number of hydrogen-bond acceptors (Lipinski definition) is 8. The number of benzene rings is 1. The highest BCUT2D eigenvalue weighted by Crippen LogP contribution is 2.36. The molecule has 3 heterocycles. The van der Waals surface area contributed by atoms with Gasteiger partial charge in [0.05, 0.1) is 18.4 Å². The number of ether oxygens (including phenoxy) is 1. The zero-order chi connectivity index (χ0) is 18.8. The number of phenolic OH excluding ortho intramolecular Hbond substituents is 2. The molecule has 0 bridgehead atoms. The summed E-state index contributed by atoms with van der Waals surface area (Å²) < 4.78 is 5.11. The second-order valence-corrected chi connectivity index (χ2v) is 6.42. The average Bonchev–Trinajstić information content (AvgIpc) is 2.71. The summed E-state index contributed by atoms with van der Waals surface area (Å²) in [4.78, 5) is 19.4. The van der Waals surface area contributed by atoms with Crippen molar-refractivity contribution in [2.75, 3.05) is 13.7 Å². The Kier molecular flexibility index (Phi) is 4.55. The highest BCUT2D eigenvalue weighted by molar-refractivity contribution is 5.53. The van der Waals surface area contributed by atoms with Crippen LogP contribution in [0.2, 0.25) is 0 Å². The Morgan fingerprint density at radius 2 is 1.96 bits per heavy atom. The Morgan fingerprint density at radius 1 is 1.15 bits per heavy atom. The first-order chi connectivity index (χ1) is 13.1. The summed E-state index contributed by atoms with van der Waals surface area (Å²) in [5, 5.41) is 19.6. The average molecular weight is 365 g/mol. The molecule has 0 saturated carbocycles. The Balaban J connectivity index is 1.51. The first kappa shape index (κ1) is 17.2. The fourth-order valence-electron chi connectivity index (χ4n) is 3.22. The molecule has 0 aliphatic carbocycles. The summed E-state index contributed by atoms with van der Waals surface area (Å²) in [5.74, 6) is 0.479. The molecule has 2 aromatic heterocycles. The van der Waals surface area contributed by atoms with Gasteiger partial charge in [0.2, 0.25) is 5.75 Å². The summed E-state index contributed by atoms with van der Waals surface area (Å²) in [6.45, 7) is 2.17. The number of aromatic hydroxyl groups is 2. The Hall–Kier alpha value is -3.26. The number of nitrogens with zero attached hydrogens (tertiary/aromatic N) is 5. The third-order valence-electron chi connectivity index (χ3n) is 4.57. The van der Waals surface area contributed by atoms with Crippen LogP contribution in [0.3, 0.4) is 0 Å². The van der Waals surface area contributed by atoms with E-state index < -0.39 is 0 Å². The highest BCUT2D eigenvalue weighted by atomic mass is 16.5. The maximum absolute atomic E-state index is 9.86. The normalized spacial score (nSPS) is 14.0.